The van der Waals surface area contributed by atoms with E-state index in [0.717, 1.165) is 0 Å². The molecule has 0 aliphatic carbocycles. The lowest BCUT2D eigenvalue weighted by molar-refractivity contribution is -0.138. The molecule has 0 atom stereocenters. The molecule has 1 rings (SSSR count). The molecule has 0 unspecified atom stereocenters. The predicted molar refractivity (Wildman–Crippen MR) is 74.9 cm³/mol. The van der Waals surface area contributed by atoms with Gasteiger partial charge >= 0.3 is 12.0 Å². The fourth-order valence-corrected chi connectivity index (χ4v) is 1.98. The van der Waals surface area contributed by atoms with Crippen LogP contribution in [0.15, 0.2) is 0 Å². The number of rotatable bonds is 6. The fraction of sp³-hybridized carbons (Fsp3) is 0.769. The van der Waals surface area contributed by atoms with Gasteiger partial charge in [0.25, 0.3) is 0 Å². The van der Waals surface area contributed by atoms with Crippen LogP contribution in [-0.4, -0.2) is 78.2 Å². The molecule has 2 N–H and O–H groups in total. The van der Waals surface area contributed by atoms with Gasteiger partial charge in [0.05, 0.1) is 13.2 Å². The average Bonchev–Trinajstić information content (AvgIpc) is 2.45. The Bertz CT molecular complexity index is 380. The van der Waals surface area contributed by atoms with Crippen LogP contribution in [0.4, 0.5) is 4.79 Å². The highest BCUT2D eigenvalue weighted by molar-refractivity contribution is 5.81. The number of amides is 3. The van der Waals surface area contributed by atoms with Crippen LogP contribution < -0.4 is 5.32 Å². The minimum atomic E-state index is -1.07. The molecular formula is C13H23N3O5. The van der Waals surface area contributed by atoms with E-state index in [-0.39, 0.29) is 31.5 Å². The maximum Gasteiger partial charge on any atom is 0.323 e. The molecule has 120 valence electrons. The minimum Gasteiger partial charge on any atom is -0.480 e. The molecule has 1 aliphatic rings. The summed E-state index contributed by atoms with van der Waals surface area (Å²) in [7, 11) is 0. The number of ether oxygens (including phenoxy) is 1. The maximum atomic E-state index is 11.9. The van der Waals surface area contributed by atoms with E-state index >= 15 is 0 Å². The molecule has 1 aliphatic heterocycles. The number of morpholine rings is 1. The molecular weight excluding hydrogens is 278 g/mol. The topological polar surface area (TPSA) is 99.2 Å². The first kappa shape index (κ1) is 17.2. The van der Waals surface area contributed by atoms with Crippen LogP contribution in [0, 0.1) is 0 Å². The second-order valence-corrected chi connectivity index (χ2v) is 5.09. The Morgan fingerprint density at radius 2 is 1.90 bits per heavy atom. The zero-order chi connectivity index (χ0) is 15.8. The normalized spacial score (nSPS) is 14.9. The first-order chi connectivity index (χ1) is 9.91. The van der Waals surface area contributed by atoms with Crippen molar-refractivity contribution >= 4 is 17.9 Å². The second kappa shape index (κ2) is 8.46. The van der Waals surface area contributed by atoms with Crippen LogP contribution in [0.25, 0.3) is 0 Å². The van der Waals surface area contributed by atoms with Crippen LogP contribution in [0.3, 0.4) is 0 Å². The van der Waals surface area contributed by atoms with E-state index in [1.807, 2.05) is 0 Å². The van der Waals surface area contributed by atoms with Gasteiger partial charge in [-0.1, -0.05) is 0 Å². The first-order valence-electron chi connectivity index (χ1n) is 7.03. The number of carboxylic acid groups (broad SMARTS) is 1. The number of hydrogen-bond acceptors (Lipinski definition) is 4. The highest BCUT2D eigenvalue weighted by atomic mass is 16.5. The Morgan fingerprint density at radius 1 is 1.29 bits per heavy atom. The Balaban J connectivity index is 2.33. The van der Waals surface area contributed by atoms with Crippen molar-refractivity contribution in [3.63, 3.8) is 0 Å². The Hall–Kier alpha value is -1.83. The third-order valence-corrected chi connectivity index (χ3v) is 3.17. The second-order valence-electron chi connectivity index (χ2n) is 5.09. The van der Waals surface area contributed by atoms with Crippen molar-refractivity contribution in [3.05, 3.63) is 0 Å². The van der Waals surface area contributed by atoms with Crippen molar-refractivity contribution in [1.82, 2.24) is 15.1 Å². The standard InChI is InChI=1S/C13H23N3O5/c1-10(2)16(9-12(18)19)13(20)14-4-3-11(17)15-5-7-21-8-6-15/h10H,3-9H2,1-2H3,(H,14,20)(H,18,19). The van der Waals surface area contributed by atoms with E-state index in [9.17, 15) is 14.4 Å². The van der Waals surface area contributed by atoms with Gasteiger partial charge in [-0.05, 0) is 13.8 Å². The van der Waals surface area contributed by atoms with E-state index in [1.54, 1.807) is 18.7 Å². The summed E-state index contributed by atoms with van der Waals surface area (Å²) in [5.74, 6) is -1.10. The molecule has 8 nitrogen and oxygen atoms in total. The summed E-state index contributed by atoms with van der Waals surface area (Å²) in [6.07, 6.45) is 0.199. The Kier molecular flexibility index (Phi) is 6.93. The zero-order valence-electron chi connectivity index (χ0n) is 12.5. The van der Waals surface area contributed by atoms with Crippen LogP contribution in [-0.2, 0) is 14.3 Å². The highest BCUT2D eigenvalue weighted by Gasteiger charge is 2.20. The smallest absolute Gasteiger partial charge is 0.323 e. The number of carbonyl (C=O) groups is 3. The number of carbonyl (C=O) groups excluding carboxylic acids is 2. The number of nitrogens with one attached hydrogen (secondary N) is 1. The van der Waals surface area contributed by atoms with Gasteiger partial charge in [0.15, 0.2) is 0 Å². The van der Waals surface area contributed by atoms with Crippen molar-refractivity contribution in [1.29, 1.82) is 0 Å². The van der Waals surface area contributed by atoms with Gasteiger partial charge in [0, 0.05) is 32.1 Å². The van der Waals surface area contributed by atoms with E-state index in [0.29, 0.717) is 26.3 Å². The van der Waals surface area contributed by atoms with Crippen LogP contribution in [0.5, 0.6) is 0 Å². The molecule has 3 amide bonds. The number of urea groups is 1. The summed E-state index contributed by atoms with van der Waals surface area (Å²) in [6, 6.07) is -0.696. The molecule has 0 radical (unpaired) electrons. The molecule has 0 saturated carbocycles. The van der Waals surface area contributed by atoms with Gasteiger partial charge in [-0.3, -0.25) is 9.59 Å². The van der Waals surface area contributed by atoms with Crippen LogP contribution in [0.2, 0.25) is 0 Å². The van der Waals surface area contributed by atoms with Crippen LogP contribution in [0.1, 0.15) is 20.3 Å². The van der Waals surface area contributed by atoms with Gasteiger partial charge in [0.2, 0.25) is 5.91 Å². The van der Waals surface area contributed by atoms with E-state index in [1.165, 1.54) is 4.90 Å². The van der Waals surface area contributed by atoms with Gasteiger partial charge in [-0.25, -0.2) is 4.79 Å². The quantitative estimate of drug-likeness (QED) is 0.704. The molecule has 1 heterocycles. The highest BCUT2D eigenvalue weighted by Crippen LogP contribution is 2.01. The zero-order valence-corrected chi connectivity index (χ0v) is 12.5. The third kappa shape index (κ3) is 5.99. The monoisotopic (exact) mass is 301 g/mol. The van der Waals surface area contributed by atoms with Crippen molar-refractivity contribution in [3.8, 4) is 0 Å². The first-order valence-corrected chi connectivity index (χ1v) is 7.03. The summed E-state index contributed by atoms with van der Waals surface area (Å²) < 4.78 is 5.16. The van der Waals surface area contributed by atoms with Crippen molar-refractivity contribution < 1.29 is 24.2 Å². The Morgan fingerprint density at radius 3 is 2.43 bits per heavy atom. The number of nitrogens with zero attached hydrogens (tertiary/aromatic N) is 2. The lowest BCUT2D eigenvalue weighted by Crippen LogP contribution is -2.47. The van der Waals surface area contributed by atoms with E-state index in [4.69, 9.17) is 9.84 Å². The number of aliphatic carboxylic acids is 1. The molecule has 0 bridgehead atoms. The largest absolute Gasteiger partial charge is 0.480 e. The molecule has 8 heteroatoms. The molecule has 1 saturated heterocycles. The molecule has 0 spiro atoms. The maximum absolute atomic E-state index is 11.9. The molecule has 0 aromatic heterocycles. The molecule has 0 aromatic rings. The van der Waals surface area contributed by atoms with Gasteiger partial charge in [0.1, 0.15) is 6.54 Å². The van der Waals surface area contributed by atoms with Gasteiger partial charge < -0.3 is 25.0 Å². The molecule has 1 fully saturated rings. The van der Waals surface area contributed by atoms with Crippen molar-refractivity contribution in [2.24, 2.45) is 0 Å². The van der Waals surface area contributed by atoms with Crippen molar-refractivity contribution in [2.45, 2.75) is 26.3 Å². The predicted octanol–water partition coefficient (Wildman–Crippen LogP) is -0.260. The van der Waals surface area contributed by atoms with Gasteiger partial charge in [-0.2, -0.15) is 0 Å². The van der Waals surface area contributed by atoms with E-state index in [2.05, 4.69) is 5.32 Å². The SMILES string of the molecule is CC(C)N(CC(=O)O)C(=O)NCCC(=O)N1CCOCC1. The Labute approximate surface area is 124 Å². The fourth-order valence-electron chi connectivity index (χ4n) is 1.98. The minimum absolute atomic E-state index is 0.0343. The lowest BCUT2D eigenvalue weighted by Gasteiger charge is -2.27. The van der Waals surface area contributed by atoms with Gasteiger partial charge in [-0.15, -0.1) is 0 Å². The summed E-state index contributed by atoms with van der Waals surface area (Å²) in [6.45, 7) is 5.53. The summed E-state index contributed by atoms with van der Waals surface area (Å²) >= 11 is 0. The third-order valence-electron chi connectivity index (χ3n) is 3.17. The summed E-state index contributed by atoms with van der Waals surface area (Å²) in [5.41, 5.74) is 0. The molecule has 0 aromatic carbocycles. The number of carboxylic acids is 1. The average molecular weight is 301 g/mol. The lowest BCUT2D eigenvalue weighted by atomic mass is 10.3. The van der Waals surface area contributed by atoms with E-state index < -0.39 is 12.0 Å². The summed E-state index contributed by atoms with van der Waals surface area (Å²) in [5, 5.41) is 11.4. The summed E-state index contributed by atoms with van der Waals surface area (Å²) in [4.78, 5) is 37.4. The molecule has 21 heavy (non-hydrogen) atoms. The number of hydrogen-bond donors (Lipinski definition) is 2. The van der Waals surface area contributed by atoms with Crippen molar-refractivity contribution in [2.75, 3.05) is 39.4 Å². The van der Waals surface area contributed by atoms with Crippen LogP contribution >= 0.6 is 0 Å².